The Kier molecular flexibility index (Phi) is 18.8. The molecule has 0 aliphatic heterocycles. The highest BCUT2D eigenvalue weighted by Crippen LogP contribution is 1.94. The molecule has 0 unspecified atom stereocenters. The first-order valence-corrected chi connectivity index (χ1v) is 8.60. The molecule has 0 bridgehead atoms. The summed E-state index contributed by atoms with van der Waals surface area (Å²) in [5.41, 5.74) is 0. The molecule has 12 heteroatoms. The third-order valence-electron chi connectivity index (χ3n) is 1.99. The van der Waals surface area contributed by atoms with E-state index >= 15 is 0 Å². The van der Waals surface area contributed by atoms with Gasteiger partial charge in [0.15, 0.2) is 0 Å². The van der Waals surface area contributed by atoms with Crippen LogP contribution in [-0.2, 0) is 57.2 Å². The number of esters is 6. The summed E-state index contributed by atoms with van der Waals surface area (Å²) in [7, 11) is 0. The summed E-state index contributed by atoms with van der Waals surface area (Å²) in [6, 6.07) is 0. The van der Waals surface area contributed by atoms with Crippen molar-refractivity contribution in [1.29, 1.82) is 0 Å². The lowest BCUT2D eigenvalue weighted by atomic mass is 10.7. The van der Waals surface area contributed by atoms with Crippen molar-refractivity contribution in [3.8, 4) is 0 Å². The molecule has 0 rings (SSSR count). The molecule has 0 aromatic carbocycles. The number of carbonyl (C=O) groups excluding carboxylic acids is 6. The standard InChI is InChI=1S/3C6H10O4/c3*1-4(7)9-6(3)10-5(2)8/h3*6H,1-3H3. The van der Waals surface area contributed by atoms with Crippen LogP contribution < -0.4 is 0 Å². The lowest BCUT2D eigenvalue weighted by Gasteiger charge is -2.10. The molecular formula is C18H30O12. The van der Waals surface area contributed by atoms with Gasteiger partial charge in [-0.2, -0.15) is 0 Å². The van der Waals surface area contributed by atoms with Gasteiger partial charge in [-0.25, -0.2) is 0 Å². The van der Waals surface area contributed by atoms with E-state index in [9.17, 15) is 28.8 Å². The van der Waals surface area contributed by atoms with Crippen molar-refractivity contribution in [2.24, 2.45) is 0 Å². The molecule has 174 valence electrons. The first kappa shape index (κ1) is 31.5. The van der Waals surface area contributed by atoms with Gasteiger partial charge in [-0.3, -0.25) is 28.8 Å². The van der Waals surface area contributed by atoms with E-state index < -0.39 is 54.7 Å². The fourth-order valence-corrected chi connectivity index (χ4v) is 1.47. The van der Waals surface area contributed by atoms with E-state index in [0.717, 1.165) is 0 Å². The second-order valence-corrected chi connectivity index (χ2v) is 5.36. The average Bonchev–Trinajstić information content (AvgIpc) is 2.42. The minimum atomic E-state index is -0.782. The van der Waals surface area contributed by atoms with Gasteiger partial charge >= 0.3 is 35.8 Å². The molecule has 0 saturated heterocycles. The van der Waals surface area contributed by atoms with E-state index in [4.69, 9.17) is 0 Å². The highest BCUT2D eigenvalue weighted by atomic mass is 16.7. The topological polar surface area (TPSA) is 158 Å². The van der Waals surface area contributed by atoms with Gasteiger partial charge in [0.25, 0.3) is 0 Å². The summed E-state index contributed by atoms with van der Waals surface area (Å²) in [5, 5.41) is 0. The largest absolute Gasteiger partial charge is 0.426 e. The van der Waals surface area contributed by atoms with Gasteiger partial charge < -0.3 is 28.4 Å². The molecule has 0 fully saturated rings. The van der Waals surface area contributed by atoms with Crippen molar-refractivity contribution < 1.29 is 57.2 Å². The fraction of sp³-hybridized carbons (Fsp3) is 0.667. The second kappa shape index (κ2) is 17.9. The van der Waals surface area contributed by atoms with Crippen LogP contribution >= 0.6 is 0 Å². The monoisotopic (exact) mass is 438 g/mol. The number of rotatable bonds is 6. The maximum absolute atomic E-state index is 10.2. The van der Waals surface area contributed by atoms with Crippen molar-refractivity contribution in [2.75, 3.05) is 0 Å². The van der Waals surface area contributed by atoms with Gasteiger partial charge in [-0.15, -0.1) is 0 Å². The van der Waals surface area contributed by atoms with E-state index in [1.54, 1.807) is 0 Å². The van der Waals surface area contributed by atoms with Gasteiger partial charge in [-0.1, -0.05) is 0 Å². The van der Waals surface area contributed by atoms with Gasteiger partial charge in [0.2, 0.25) is 18.9 Å². The molecule has 0 heterocycles. The van der Waals surface area contributed by atoms with E-state index in [-0.39, 0.29) is 0 Å². The van der Waals surface area contributed by atoms with Crippen LogP contribution in [0.2, 0.25) is 0 Å². The second-order valence-electron chi connectivity index (χ2n) is 5.36. The van der Waals surface area contributed by atoms with Crippen molar-refractivity contribution in [1.82, 2.24) is 0 Å². The summed E-state index contributed by atoms with van der Waals surface area (Å²) in [6.07, 6.45) is -2.35. The third-order valence-corrected chi connectivity index (χ3v) is 1.99. The molecule has 30 heavy (non-hydrogen) atoms. The van der Waals surface area contributed by atoms with Crippen LogP contribution in [-0.4, -0.2) is 54.7 Å². The van der Waals surface area contributed by atoms with Gasteiger partial charge in [-0.05, 0) is 0 Å². The lowest BCUT2D eigenvalue weighted by Crippen LogP contribution is -2.18. The van der Waals surface area contributed by atoms with E-state index in [2.05, 4.69) is 28.4 Å². The summed E-state index contributed by atoms with van der Waals surface area (Å²) in [4.78, 5) is 61.3. The molecule has 0 aliphatic carbocycles. The zero-order valence-corrected chi connectivity index (χ0v) is 18.6. The molecule has 0 aromatic heterocycles. The molecular weight excluding hydrogens is 408 g/mol. The van der Waals surface area contributed by atoms with Gasteiger partial charge in [0.1, 0.15) is 0 Å². The molecule has 0 atom stereocenters. The summed E-state index contributed by atoms with van der Waals surface area (Å²) >= 11 is 0. The van der Waals surface area contributed by atoms with Crippen LogP contribution in [0, 0.1) is 0 Å². The van der Waals surface area contributed by atoms with Crippen molar-refractivity contribution >= 4 is 35.8 Å². The van der Waals surface area contributed by atoms with Crippen LogP contribution in [0.15, 0.2) is 0 Å². The zero-order valence-electron chi connectivity index (χ0n) is 18.6. The normalized spacial score (nSPS) is 9.20. The Morgan fingerprint density at radius 2 is 0.467 bits per heavy atom. The first-order chi connectivity index (χ1) is 13.6. The minimum Gasteiger partial charge on any atom is -0.426 e. The maximum atomic E-state index is 10.2. The molecule has 0 amide bonds. The molecule has 0 aromatic rings. The predicted octanol–water partition coefficient (Wildman–Crippen LogP) is 1.38. The summed E-state index contributed by atoms with van der Waals surface area (Å²) < 4.78 is 26.9. The van der Waals surface area contributed by atoms with Crippen molar-refractivity contribution in [3.05, 3.63) is 0 Å². The zero-order chi connectivity index (χ0) is 24.4. The number of ether oxygens (including phenoxy) is 6. The molecule has 0 aliphatic rings. The number of hydrogen-bond acceptors (Lipinski definition) is 12. The van der Waals surface area contributed by atoms with E-state index in [1.807, 2.05) is 0 Å². The summed E-state index contributed by atoms with van der Waals surface area (Å²) in [6.45, 7) is 11.9. The highest BCUT2D eigenvalue weighted by Gasteiger charge is 2.08. The van der Waals surface area contributed by atoms with Crippen molar-refractivity contribution in [2.45, 2.75) is 81.2 Å². The molecule has 0 saturated carbocycles. The fourth-order valence-electron chi connectivity index (χ4n) is 1.47. The third kappa shape index (κ3) is 32.5. The van der Waals surface area contributed by atoms with Crippen LogP contribution in [0.4, 0.5) is 0 Å². The molecule has 0 spiro atoms. The predicted molar refractivity (Wildman–Crippen MR) is 99.0 cm³/mol. The Bertz CT molecular complexity index is 455. The molecule has 0 N–H and O–H groups in total. The minimum absolute atomic E-state index is 0.464. The quantitative estimate of drug-likeness (QED) is 0.334. The van der Waals surface area contributed by atoms with Crippen LogP contribution in [0.5, 0.6) is 0 Å². The Morgan fingerprint density at radius 1 is 0.367 bits per heavy atom. The Labute approximate surface area is 175 Å². The SMILES string of the molecule is CC(=O)OC(C)OC(C)=O.CC(=O)OC(C)OC(C)=O.CC(=O)OC(C)OC(C)=O. The van der Waals surface area contributed by atoms with Crippen LogP contribution in [0.3, 0.4) is 0 Å². The Morgan fingerprint density at radius 3 is 0.533 bits per heavy atom. The molecule has 0 radical (unpaired) electrons. The maximum Gasteiger partial charge on any atom is 0.305 e. The first-order valence-electron chi connectivity index (χ1n) is 8.60. The highest BCUT2D eigenvalue weighted by molar-refractivity contribution is 5.69. The Balaban J connectivity index is -0.000000364. The number of hydrogen-bond donors (Lipinski definition) is 0. The van der Waals surface area contributed by atoms with E-state index in [1.165, 1.54) is 62.3 Å². The average molecular weight is 438 g/mol. The van der Waals surface area contributed by atoms with Crippen molar-refractivity contribution in [3.63, 3.8) is 0 Å². The summed E-state index contributed by atoms with van der Waals surface area (Å²) in [5.74, 6) is -2.78. The molecule has 12 nitrogen and oxygen atoms in total. The smallest absolute Gasteiger partial charge is 0.305 e. The van der Waals surface area contributed by atoms with Gasteiger partial charge in [0.05, 0.1) is 0 Å². The van der Waals surface area contributed by atoms with Crippen LogP contribution in [0.1, 0.15) is 62.3 Å². The van der Waals surface area contributed by atoms with Crippen LogP contribution in [0.25, 0.3) is 0 Å². The van der Waals surface area contributed by atoms with E-state index in [0.29, 0.717) is 0 Å². The Hall–Kier alpha value is -3.18. The van der Waals surface area contributed by atoms with Gasteiger partial charge in [0, 0.05) is 62.3 Å². The number of carbonyl (C=O) groups is 6. The lowest BCUT2D eigenvalue weighted by molar-refractivity contribution is -0.183.